The quantitative estimate of drug-likeness (QED) is 0.403. The van der Waals surface area contributed by atoms with E-state index in [1.165, 1.54) is 44.9 Å². The fourth-order valence-corrected chi connectivity index (χ4v) is 1.65. The van der Waals surface area contributed by atoms with Gasteiger partial charge in [-0.3, -0.25) is 0 Å². The molecule has 0 bridgehead atoms. The van der Waals surface area contributed by atoms with E-state index in [2.05, 4.69) is 35.5 Å². The highest BCUT2D eigenvalue weighted by Gasteiger charge is 2.13. The summed E-state index contributed by atoms with van der Waals surface area (Å²) in [5.41, 5.74) is 0. The van der Waals surface area contributed by atoms with Crippen molar-refractivity contribution in [3.63, 3.8) is 0 Å². The Morgan fingerprint density at radius 3 is 2.29 bits per heavy atom. The standard InChI is InChI=1S/C13H29B/c1-5-12(3)10-8-7-9-11-13(4,14)6-2/h12H,5-11,14H2,1-4H3. The Morgan fingerprint density at radius 1 is 1.14 bits per heavy atom. The van der Waals surface area contributed by atoms with Crippen molar-refractivity contribution < 1.29 is 0 Å². The van der Waals surface area contributed by atoms with E-state index in [-0.39, 0.29) is 0 Å². The third-order valence-corrected chi connectivity index (χ3v) is 3.70. The number of rotatable bonds is 8. The van der Waals surface area contributed by atoms with Crippen LogP contribution in [0.5, 0.6) is 0 Å². The van der Waals surface area contributed by atoms with Crippen LogP contribution in [-0.4, -0.2) is 7.85 Å². The Kier molecular flexibility index (Phi) is 7.40. The maximum atomic E-state index is 2.39. The fourth-order valence-electron chi connectivity index (χ4n) is 1.65. The molecule has 0 saturated carbocycles. The van der Waals surface area contributed by atoms with Gasteiger partial charge >= 0.3 is 0 Å². The van der Waals surface area contributed by atoms with Crippen molar-refractivity contribution in [2.45, 2.75) is 78.0 Å². The highest BCUT2D eigenvalue weighted by molar-refractivity contribution is 6.14. The average Bonchev–Trinajstić information content (AvgIpc) is 2.17. The Bertz CT molecular complexity index is 129. The molecule has 0 nitrogen and oxygen atoms in total. The molecule has 1 heteroatoms. The maximum absolute atomic E-state index is 2.39. The van der Waals surface area contributed by atoms with Crippen molar-refractivity contribution in [2.75, 3.05) is 0 Å². The van der Waals surface area contributed by atoms with Gasteiger partial charge in [0.15, 0.2) is 0 Å². The normalized spacial score (nSPS) is 17.7. The van der Waals surface area contributed by atoms with Crippen LogP contribution < -0.4 is 0 Å². The zero-order valence-corrected chi connectivity index (χ0v) is 11.0. The van der Waals surface area contributed by atoms with E-state index in [9.17, 15) is 0 Å². The first-order valence-electron chi connectivity index (χ1n) is 6.52. The number of hydrogen-bond acceptors (Lipinski definition) is 0. The lowest BCUT2D eigenvalue weighted by atomic mass is 9.65. The molecule has 0 amide bonds. The first-order chi connectivity index (χ1) is 6.52. The highest BCUT2D eigenvalue weighted by Crippen LogP contribution is 2.31. The Labute approximate surface area is 92.3 Å². The van der Waals surface area contributed by atoms with Crippen LogP contribution in [0.3, 0.4) is 0 Å². The molecule has 0 aliphatic rings. The molecule has 0 aliphatic heterocycles. The predicted molar refractivity (Wildman–Crippen MR) is 69.7 cm³/mol. The third kappa shape index (κ3) is 7.47. The Hall–Kier alpha value is 0.0649. The second-order valence-corrected chi connectivity index (χ2v) is 5.63. The highest BCUT2D eigenvalue weighted by atomic mass is 14.1. The lowest BCUT2D eigenvalue weighted by Crippen LogP contribution is -2.06. The topological polar surface area (TPSA) is 0 Å². The minimum Gasteiger partial charge on any atom is -0.0669 e. The van der Waals surface area contributed by atoms with Crippen molar-refractivity contribution in [1.29, 1.82) is 0 Å². The molecule has 0 radical (unpaired) electrons. The molecule has 0 spiro atoms. The Balaban J connectivity index is 3.30. The van der Waals surface area contributed by atoms with E-state index in [0.29, 0.717) is 5.31 Å². The van der Waals surface area contributed by atoms with Gasteiger partial charge in [-0.2, -0.15) is 0 Å². The van der Waals surface area contributed by atoms with E-state index in [0.717, 1.165) is 5.92 Å². The molecule has 0 heterocycles. The van der Waals surface area contributed by atoms with Crippen LogP contribution in [0, 0.1) is 5.92 Å². The SMILES string of the molecule is BC(C)(CC)CCCCCC(C)CC. The van der Waals surface area contributed by atoms with Crippen LogP contribution in [0.15, 0.2) is 0 Å². The third-order valence-electron chi connectivity index (χ3n) is 3.70. The van der Waals surface area contributed by atoms with Crippen molar-refractivity contribution in [3.8, 4) is 0 Å². The van der Waals surface area contributed by atoms with Gasteiger partial charge in [-0.25, -0.2) is 0 Å². The minimum absolute atomic E-state index is 0.580. The zero-order chi connectivity index (χ0) is 11.0. The van der Waals surface area contributed by atoms with E-state index in [4.69, 9.17) is 0 Å². The van der Waals surface area contributed by atoms with Crippen molar-refractivity contribution in [3.05, 3.63) is 0 Å². The molecular weight excluding hydrogens is 167 g/mol. The molecule has 0 aromatic carbocycles. The van der Waals surface area contributed by atoms with Crippen LogP contribution in [0.1, 0.15) is 72.6 Å². The minimum atomic E-state index is 0.580. The fraction of sp³-hybridized carbons (Fsp3) is 1.00. The number of unbranched alkanes of at least 4 members (excludes halogenated alkanes) is 2. The summed E-state index contributed by atoms with van der Waals surface area (Å²) in [6, 6.07) is 0. The summed E-state index contributed by atoms with van der Waals surface area (Å²) in [6.07, 6.45) is 9.81. The largest absolute Gasteiger partial charge is 0.109 e. The van der Waals surface area contributed by atoms with Gasteiger partial charge in [0.05, 0.1) is 0 Å². The summed E-state index contributed by atoms with van der Waals surface area (Å²) in [7, 11) is 2.39. The monoisotopic (exact) mass is 196 g/mol. The zero-order valence-electron chi connectivity index (χ0n) is 11.0. The molecular formula is C13H29B. The summed E-state index contributed by atoms with van der Waals surface area (Å²) in [5.74, 6) is 0.939. The summed E-state index contributed by atoms with van der Waals surface area (Å²) in [5, 5.41) is 0.580. The molecule has 2 atom stereocenters. The summed E-state index contributed by atoms with van der Waals surface area (Å²) >= 11 is 0. The van der Waals surface area contributed by atoms with Gasteiger partial charge in [0, 0.05) is 0 Å². The molecule has 0 aliphatic carbocycles. The van der Waals surface area contributed by atoms with Gasteiger partial charge < -0.3 is 0 Å². The maximum Gasteiger partial charge on any atom is 0.109 e. The molecule has 0 saturated heterocycles. The summed E-state index contributed by atoms with van der Waals surface area (Å²) in [6.45, 7) is 9.36. The lowest BCUT2D eigenvalue weighted by Gasteiger charge is -2.22. The molecule has 2 unspecified atom stereocenters. The molecule has 0 aromatic rings. The lowest BCUT2D eigenvalue weighted by molar-refractivity contribution is 0.451. The second-order valence-electron chi connectivity index (χ2n) is 5.63. The van der Waals surface area contributed by atoms with Crippen LogP contribution in [0.25, 0.3) is 0 Å². The van der Waals surface area contributed by atoms with E-state index in [1.54, 1.807) is 0 Å². The molecule has 0 rings (SSSR count). The molecule has 0 aromatic heterocycles. The number of hydrogen-bond donors (Lipinski definition) is 0. The van der Waals surface area contributed by atoms with Gasteiger partial charge in [0.2, 0.25) is 0 Å². The van der Waals surface area contributed by atoms with Gasteiger partial charge in [-0.1, -0.05) is 78.0 Å². The van der Waals surface area contributed by atoms with Crippen LogP contribution in [0.4, 0.5) is 0 Å². The van der Waals surface area contributed by atoms with Crippen molar-refractivity contribution in [2.24, 2.45) is 5.92 Å². The average molecular weight is 196 g/mol. The molecule has 84 valence electrons. The van der Waals surface area contributed by atoms with Crippen molar-refractivity contribution in [1.82, 2.24) is 0 Å². The Morgan fingerprint density at radius 2 is 1.79 bits per heavy atom. The van der Waals surface area contributed by atoms with Crippen LogP contribution >= 0.6 is 0 Å². The van der Waals surface area contributed by atoms with Crippen molar-refractivity contribution >= 4 is 7.85 Å². The van der Waals surface area contributed by atoms with E-state index >= 15 is 0 Å². The van der Waals surface area contributed by atoms with Gasteiger partial charge in [0.1, 0.15) is 7.85 Å². The predicted octanol–water partition coefficient (Wildman–Crippen LogP) is 4.20. The van der Waals surface area contributed by atoms with Crippen LogP contribution in [0.2, 0.25) is 5.31 Å². The molecule has 0 N–H and O–H groups in total. The summed E-state index contributed by atoms with van der Waals surface area (Å²) in [4.78, 5) is 0. The van der Waals surface area contributed by atoms with Gasteiger partial charge in [-0.05, 0) is 5.92 Å². The van der Waals surface area contributed by atoms with Gasteiger partial charge in [0.25, 0.3) is 0 Å². The van der Waals surface area contributed by atoms with Crippen LogP contribution in [-0.2, 0) is 0 Å². The summed E-state index contributed by atoms with van der Waals surface area (Å²) < 4.78 is 0. The second kappa shape index (κ2) is 7.37. The van der Waals surface area contributed by atoms with E-state index in [1.807, 2.05) is 0 Å². The molecule has 14 heavy (non-hydrogen) atoms. The smallest absolute Gasteiger partial charge is 0.0669 e. The first kappa shape index (κ1) is 14.1. The van der Waals surface area contributed by atoms with E-state index < -0.39 is 0 Å². The molecule has 0 fully saturated rings. The first-order valence-corrected chi connectivity index (χ1v) is 6.52. The van der Waals surface area contributed by atoms with Gasteiger partial charge in [-0.15, -0.1) is 0 Å².